The molecule has 18 heavy (non-hydrogen) atoms. The predicted octanol–water partition coefficient (Wildman–Crippen LogP) is 0.444. The molecule has 0 aromatic carbocycles. The van der Waals surface area contributed by atoms with Crippen LogP contribution >= 0.6 is 15.9 Å². The summed E-state index contributed by atoms with van der Waals surface area (Å²) in [5.41, 5.74) is -0.0152. The number of carbonyl (C=O) groups is 1. The lowest BCUT2D eigenvalue weighted by atomic mass is 9.93. The van der Waals surface area contributed by atoms with Gasteiger partial charge in [0.05, 0.1) is 5.54 Å². The number of nitrogens with zero attached hydrogens (tertiary/aromatic N) is 4. The number of ketones is 1. The van der Waals surface area contributed by atoms with E-state index in [0.29, 0.717) is 10.3 Å². The van der Waals surface area contributed by atoms with Crippen molar-refractivity contribution < 1.29 is 4.79 Å². The summed E-state index contributed by atoms with van der Waals surface area (Å²) in [6, 6.07) is 0. The topological polar surface area (TPSA) is 63.1 Å². The van der Waals surface area contributed by atoms with Gasteiger partial charge >= 0.3 is 0 Å². The van der Waals surface area contributed by atoms with E-state index >= 15 is 0 Å². The molecule has 1 saturated heterocycles. The van der Waals surface area contributed by atoms with E-state index < -0.39 is 5.54 Å². The fraction of sp³-hybridized carbons (Fsp3) is 0.727. The number of aromatic nitrogens is 3. The number of hydrogen-bond donors (Lipinski definition) is 1. The maximum atomic E-state index is 12.7. The van der Waals surface area contributed by atoms with Gasteiger partial charge in [0.2, 0.25) is 5.78 Å². The second-order valence-electron chi connectivity index (χ2n) is 4.98. The Labute approximate surface area is 115 Å². The Morgan fingerprint density at radius 3 is 2.50 bits per heavy atom. The third-order valence-corrected chi connectivity index (χ3v) is 4.00. The molecule has 6 nitrogen and oxygen atoms in total. The van der Waals surface area contributed by atoms with Crippen LogP contribution in [0.15, 0.2) is 4.60 Å². The van der Waals surface area contributed by atoms with Gasteiger partial charge in [-0.05, 0) is 29.8 Å². The molecule has 1 aromatic rings. The van der Waals surface area contributed by atoms with Crippen molar-refractivity contribution in [3.8, 4) is 0 Å². The molecule has 1 aliphatic rings. The van der Waals surface area contributed by atoms with Crippen molar-refractivity contribution >= 4 is 21.7 Å². The Hall–Kier alpha value is -0.790. The molecule has 1 aliphatic heterocycles. The van der Waals surface area contributed by atoms with E-state index in [-0.39, 0.29) is 5.78 Å². The van der Waals surface area contributed by atoms with Gasteiger partial charge in [-0.25, -0.2) is 4.68 Å². The van der Waals surface area contributed by atoms with Crippen LogP contribution in [-0.4, -0.2) is 57.4 Å². The van der Waals surface area contributed by atoms with Crippen LogP contribution in [0.3, 0.4) is 0 Å². The van der Waals surface area contributed by atoms with Gasteiger partial charge < -0.3 is 5.32 Å². The van der Waals surface area contributed by atoms with Crippen molar-refractivity contribution in [3.63, 3.8) is 0 Å². The van der Waals surface area contributed by atoms with Crippen LogP contribution in [0.1, 0.15) is 24.3 Å². The molecule has 1 fully saturated rings. The maximum absolute atomic E-state index is 12.7. The van der Waals surface area contributed by atoms with Crippen molar-refractivity contribution in [3.05, 3.63) is 10.3 Å². The van der Waals surface area contributed by atoms with Crippen LogP contribution in [0.4, 0.5) is 0 Å². The Kier molecular flexibility index (Phi) is 3.84. The van der Waals surface area contributed by atoms with E-state index in [4.69, 9.17) is 0 Å². The van der Waals surface area contributed by atoms with Crippen molar-refractivity contribution in [2.45, 2.75) is 19.4 Å². The maximum Gasteiger partial charge on any atom is 0.203 e. The molecule has 0 saturated carbocycles. The van der Waals surface area contributed by atoms with Crippen molar-refractivity contribution in [2.24, 2.45) is 7.05 Å². The average molecular weight is 316 g/mol. The number of carbonyl (C=O) groups excluding carboxylic acids is 1. The van der Waals surface area contributed by atoms with Gasteiger partial charge in [0.15, 0.2) is 4.60 Å². The Morgan fingerprint density at radius 1 is 1.39 bits per heavy atom. The van der Waals surface area contributed by atoms with Crippen LogP contribution in [0.2, 0.25) is 0 Å². The van der Waals surface area contributed by atoms with E-state index in [9.17, 15) is 4.79 Å². The zero-order valence-corrected chi connectivity index (χ0v) is 12.5. The summed E-state index contributed by atoms with van der Waals surface area (Å²) in [5, 5.41) is 11.0. The molecule has 0 unspecified atom stereocenters. The van der Waals surface area contributed by atoms with Gasteiger partial charge in [-0.2, -0.15) is 0 Å². The molecule has 2 rings (SSSR count). The number of aryl methyl sites for hydroxylation is 1. The van der Waals surface area contributed by atoms with Crippen molar-refractivity contribution in [1.82, 2.24) is 25.2 Å². The van der Waals surface area contributed by atoms with Gasteiger partial charge in [0.1, 0.15) is 5.69 Å². The Morgan fingerprint density at radius 2 is 2.00 bits per heavy atom. The summed E-state index contributed by atoms with van der Waals surface area (Å²) in [6.07, 6.45) is 0. The highest BCUT2D eigenvalue weighted by molar-refractivity contribution is 9.10. The van der Waals surface area contributed by atoms with Gasteiger partial charge in [-0.3, -0.25) is 9.69 Å². The smallest absolute Gasteiger partial charge is 0.203 e. The van der Waals surface area contributed by atoms with Crippen LogP contribution in [0, 0.1) is 0 Å². The Balaban J connectivity index is 2.26. The van der Waals surface area contributed by atoms with Gasteiger partial charge in [0, 0.05) is 33.2 Å². The van der Waals surface area contributed by atoms with Crippen molar-refractivity contribution in [1.29, 1.82) is 0 Å². The normalized spacial score (nSPS) is 18.0. The zero-order valence-electron chi connectivity index (χ0n) is 10.9. The fourth-order valence-corrected chi connectivity index (χ4v) is 2.74. The minimum atomic E-state index is -0.542. The third-order valence-electron chi connectivity index (χ3n) is 3.46. The molecule has 1 aromatic heterocycles. The number of rotatable bonds is 3. The van der Waals surface area contributed by atoms with E-state index in [1.165, 1.54) is 4.68 Å². The minimum absolute atomic E-state index is 0.0452. The molecule has 7 heteroatoms. The van der Waals surface area contributed by atoms with E-state index in [1.807, 2.05) is 13.8 Å². The first kappa shape index (κ1) is 13.6. The minimum Gasteiger partial charge on any atom is -0.314 e. The van der Waals surface area contributed by atoms with E-state index in [1.54, 1.807) is 7.05 Å². The SMILES string of the molecule is Cn1nnc(Br)c1C(=O)C(C)(C)N1CCNCC1. The highest BCUT2D eigenvalue weighted by atomic mass is 79.9. The average Bonchev–Trinajstić information content (AvgIpc) is 2.69. The summed E-state index contributed by atoms with van der Waals surface area (Å²) in [5.74, 6) is 0.0452. The summed E-state index contributed by atoms with van der Waals surface area (Å²) in [6.45, 7) is 7.51. The molecule has 0 spiro atoms. The van der Waals surface area contributed by atoms with Crippen LogP contribution in [0.25, 0.3) is 0 Å². The fourth-order valence-electron chi connectivity index (χ4n) is 2.23. The highest BCUT2D eigenvalue weighted by Crippen LogP contribution is 2.24. The molecule has 2 heterocycles. The first-order chi connectivity index (χ1) is 8.44. The second-order valence-corrected chi connectivity index (χ2v) is 5.73. The standard InChI is InChI=1S/C11H18BrN5O/c1-11(2,17-6-4-13-5-7-17)9(18)8-10(12)14-15-16(8)3/h13H,4-7H2,1-3H3. The van der Waals surface area contributed by atoms with Crippen LogP contribution in [0.5, 0.6) is 0 Å². The third kappa shape index (κ3) is 2.34. The first-order valence-corrected chi connectivity index (χ1v) is 6.79. The number of halogens is 1. The molecule has 0 aliphatic carbocycles. The largest absolute Gasteiger partial charge is 0.314 e. The molecular weight excluding hydrogens is 298 g/mol. The predicted molar refractivity (Wildman–Crippen MR) is 71.6 cm³/mol. The van der Waals surface area contributed by atoms with E-state index in [0.717, 1.165) is 26.2 Å². The lowest BCUT2D eigenvalue weighted by Gasteiger charge is -2.39. The Bertz CT molecular complexity index is 431. The van der Waals surface area contributed by atoms with Gasteiger partial charge in [-0.1, -0.05) is 5.21 Å². The lowest BCUT2D eigenvalue weighted by molar-refractivity contribution is 0.0592. The van der Waals surface area contributed by atoms with Gasteiger partial charge in [-0.15, -0.1) is 5.10 Å². The highest BCUT2D eigenvalue weighted by Gasteiger charge is 2.38. The zero-order chi connectivity index (χ0) is 13.3. The first-order valence-electron chi connectivity index (χ1n) is 6.00. The quantitative estimate of drug-likeness (QED) is 0.820. The monoisotopic (exact) mass is 315 g/mol. The molecule has 0 amide bonds. The van der Waals surface area contributed by atoms with Gasteiger partial charge in [0.25, 0.3) is 0 Å². The summed E-state index contributed by atoms with van der Waals surface area (Å²) in [7, 11) is 1.73. The van der Waals surface area contributed by atoms with Crippen LogP contribution in [-0.2, 0) is 7.05 Å². The summed E-state index contributed by atoms with van der Waals surface area (Å²) >= 11 is 3.29. The molecular formula is C11H18BrN5O. The van der Waals surface area contributed by atoms with E-state index in [2.05, 4.69) is 36.5 Å². The number of nitrogens with one attached hydrogen (secondary N) is 1. The van der Waals surface area contributed by atoms with Crippen molar-refractivity contribution in [2.75, 3.05) is 26.2 Å². The number of piperazine rings is 1. The second kappa shape index (κ2) is 5.07. The summed E-state index contributed by atoms with van der Waals surface area (Å²) in [4.78, 5) is 14.9. The molecule has 100 valence electrons. The number of hydrogen-bond acceptors (Lipinski definition) is 5. The lowest BCUT2D eigenvalue weighted by Crippen LogP contribution is -2.57. The molecule has 0 atom stereocenters. The molecule has 0 radical (unpaired) electrons. The summed E-state index contributed by atoms with van der Waals surface area (Å²) < 4.78 is 2.04. The molecule has 0 bridgehead atoms. The number of Topliss-reactive ketones (excluding diaryl/α,β-unsaturated/α-hetero) is 1. The molecule has 1 N–H and O–H groups in total. The van der Waals surface area contributed by atoms with Crippen LogP contribution < -0.4 is 5.32 Å².